The molecule has 0 bridgehead atoms. The Hall–Kier alpha value is -6.27. The van der Waals surface area contributed by atoms with Gasteiger partial charge in [0.05, 0.1) is 54.0 Å². The summed E-state index contributed by atoms with van der Waals surface area (Å²) in [6.07, 6.45) is 1.45. The van der Waals surface area contributed by atoms with Gasteiger partial charge in [-0.2, -0.15) is 0 Å². The molecule has 8 aromatic rings. The maximum Gasteiger partial charge on any atom is 0.185 e. The molecule has 462 valence electrons. The molecule has 0 spiro atoms. The van der Waals surface area contributed by atoms with Crippen molar-refractivity contribution in [3.63, 3.8) is 0 Å². The predicted octanol–water partition coefficient (Wildman–Crippen LogP) is 17.1. The van der Waals surface area contributed by atoms with E-state index in [4.69, 9.17) is 0 Å². The van der Waals surface area contributed by atoms with Gasteiger partial charge in [0.25, 0.3) is 0 Å². The lowest BCUT2D eigenvalue weighted by molar-refractivity contribution is 0.575. The summed E-state index contributed by atoms with van der Waals surface area (Å²) in [5.41, 5.74) is 14.9. The monoisotopic (exact) mass is 1290 g/mol. The third kappa shape index (κ3) is 15.6. The Morgan fingerprint density at radius 3 is 1.15 bits per heavy atom. The van der Waals surface area contributed by atoms with Crippen molar-refractivity contribution in [2.45, 2.75) is 134 Å². The zero-order valence-corrected chi connectivity index (χ0v) is 57.3. The van der Waals surface area contributed by atoms with Crippen molar-refractivity contribution in [1.82, 2.24) is 0 Å². The van der Waals surface area contributed by atoms with Crippen LogP contribution in [0.1, 0.15) is 105 Å². The van der Waals surface area contributed by atoms with E-state index in [-0.39, 0.29) is 54.5 Å². The number of thioether (sulfide) groups is 2. The number of sulfone groups is 4. The average Bonchev–Trinajstić information content (AvgIpc) is 1.21. The highest BCUT2D eigenvalue weighted by Crippen LogP contribution is 2.41. The van der Waals surface area contributed by atoms with Crippen molar-refractivity contribution in [2.75, 3.05) is 46.4 Å². The molecule has 0 saturated heterocycles. The lowest BCUT2D eigenvalue weighted by atomic mass is 9.86. The van der Waals surface area contributed by atoms with Crippen LogP contribution in [0, 0.1) is 0 Å². The molecule has 4 aliphatic rings. The van der Waals surface area contributed by atoms with Gasteiger partial charge >= 0.3 is 0 Å². The first-order valence-corrected chi connectivity index (χ1v) is 38.1. The molecule has 0 amide bonds. The summed E-state index contributed by atoms with van der Waals surface area (Å²) < 4.78 is 97.4. The average molecular weight is 1290 g/mol. The van der Waals surface area contributed by atoms with Crippen LogP contribution in [0.15, 0.2) is 204 Å². The molecule has 88 heavy (non-hydrogen) atoms. The van der Waals surface area contributed by atoms with Gasteiger partial charge < -0.3 is 5.32 Å². The molecule has 1 N–H and O–H groups in total. The van der Waals surface area contributed by atoms with Gasteiger partial charge in [-0.3, -0.25) is 4.99 Å². The zero-order chi connectivity index (χ0) is 63.8. The van der Waals surface area contributed by atoms with Gasteiger partial charge in [-0.05, 0) is 137 Å². The maximum atomic E-state index is 12.3. The van der Waals surface area contributed by atoms with Crippen LogP contribution >= 0.6 is 23.5 Å². The molecule has 0 radical (unpaired) electrons. The van der Waals surface area contributed by atoms with Crippen LogP contribution in [0.3, 0.4) is 0 Å². The molecule has 16 heteroatoms. The van der Waals surface area contributed by atoms with E-state index in [0.717, 1.165) is 27.8 Å². The topological polar surface area (TPSA) is 161 Å². The van der Waals surface area contributed by atoms with Crippen LogP contribution in [0.2, 0.25) is 0 Å². The lowest BCUT2D eigenvalue weighted by Crippen LogP contribution is -2.25. The van der Waals surface area contributed by atoms with Crippen LogP contribution in [0.25, 0.3) is 44.5 Å². The van der Waals surface area contributed by atoms with Crippen LogP contribution in [0.4, 0.5) is 11.4 Å². The second kappa shape index (κ2) is 25.5. The summed E-state index contributed by atoms with van der Waals surface area (Å²) in [5.74, 6) is 1.90. The number of aliphatic imine (C=N–C) groups is 1. The number of nitrogens with one attached hydrogen (secondary N) is 1. The number of rotatable bonds is 4. The Morgan fingerprint density at radius 1 is 0.341 bits per heavy atom. The summed E-state index contributed by atoms with van der Waals surface area (Å²) in [4.78, 5) is 7.63. The highest BCUT2D eigenvalue weighted by molar-refractivity contribution is 8.05. The molecule has 0 aliphatic carbocycles. The minimum Gasteiger partial charge on any atom is -0.383 e. The van der Waals surface area contributed by atoms with Gasteiger partial charge in [0.2, 0.25) is 0 Å². The Kier molecular flexibility index (Phi) is 19.2. The molecule has 0 aromatic heterocycles. The number of hydrogen-bond acceptors (Lipinski definition) is 12. The van der Waals surface area contributed by atoms with Crippen molar-refractivity contribution >= 4 is 80.5 Å². The van der Waals surface area contributed by atoms with E-state index < -0.39 is 39.3 Å². The number of hydrogen-bond donors (Lipinski definition) is 1. The predicted molar refractivity (Wildman–Crippen MR) is 369 cm³/mol. The lowest BCUT2D eigenvalue weighted by Gasteiger charge is -2.20. The minimum absolute atomic E-state index is 0.0214. The highest BCUT2D eigenvalue weighted by Gasteiger charge is 2.34. The van der Waals surface area contributed by atoms with Gasteiger partial charge in [0.1, 0.15) is 0 Å². The van der Waals surface area contributed by atoms with E-state index in [1.807, 2.05) is 78.1 Å². The highest BCUT2D eigenvalue weighted by atomic mass is 32.2. The van der Waals surface area contributed by atoms with Crippen molar-refractivity contribution in [2.24, 2.45) is 4.99 Å². The Labute approximate surface area is 532 Å². The summed E-state index contributed by atoms with van der Waals surface area (Å²) in [6.45, 7) is 26.7. The number of nitrogens with zero attached hydrogens (tertiary/aromatic N) is 1. The maximum absolute atomic E-state index is 12.3. The van der Waals surface area contributed by atoms with E-state index in [9.17, 15) is 33.7 Å². The normalized spacial score (nSPS) is 16.8. The summed E-state index contributed by atoms with van der Waals surface area (Å²) in [5, 5.41) is 3.15. The second-order valence-electron chi connectivity index (χ2n) is 26.7. The molecule has 0 saturated carbocycles. The van der Waals surface area contributed by atoms with Gasteiger partial charge in [-0.25, -0.2) is 33.7 Å². The minimum atomic E-state index is -3.55. The first kappa shape index (κ1) is 66.2. The molecule has 4 heterocycles. The van der Waals surface area contributed by atoms with Crippen molar-refractivity contribution in [1.29, 1.82) is 0 Å². The Morgan fingerprint density at radius 2 is 0.693 bits per heavy atom. The summed E-state index contributed by atoms with van der Waals surface area (Å²) in [7, 11) is -13.5. The van der Waals surface area contributed by atoms with E-state index in [0.29, 0.717) is 33.3 Å². The van der Waals surface area contributed by atoms with Crippen molar-refractivity contribution in [3.05, 3.63) is 192 Å². The summed E-state index contributed by atoms with van der Waals surface area (Å²) in [6, 6.07) is 56.0. The van der Waals surface area contributed by atoms with Crippen LogP contribution in [-0.2, 0) is 61.0 Å². The fourth-order valence-corrected chi connectivity index (χ4v) is 19.5. The first-order valence-electron chi connectivity index (χ1n) is 29.5. The van der Waals surface area contributed by atoms with Gasteiger partial charge in [-0.1, -0.05) is 204 Å². The van der Waals surface area contributed by atoms with E-state index in [2.05, 4.69) is 172 Å². The van der Waals surface area contributed by atoms with E-state index in [1.165, 1.54) is 73.0 Å². The first-order chi connectivity index (χ1) is 41.1. The third-order valence-electron chi connectivity index (χ3n) is 15.9. The van der Waals surface area contributed by atoms with E-state index in [1.54, 1.807) is 24.3 Å². The molecular formula is C72H80N2O8S6. The molecule has 0 atom stereocenters. The van der Waals surface area contributed by atoms with Crippen LogP contribution < -0.4 is 5.32 Å². The fourth-order valence-electron chi connectivity index (χ4n) is 10.4. The molecule has 0 fully saturated rings. The SMILES string of the molecule is CC(C)(C)c1ccc(-c2ccc3c(c2)S(=O)(=O)CC=N3)cc1.CC(C)(C)c1ccc(-c2ccc3c(c2)S(=O)(=O)CCN3)cc1.CC(C)(C)c1ccc(-c2ccc3c(c2)S(=O)(=O)CCS3(=O)=O)cc1.CC(C)(C)c1ccc(-c2ccc3c(c2)SCCS3)cc1. The van der Waals surface area contributed by atoms with Gasteiger partial charge in [0.15, 0.2) is 39.3 Å². The van der Waals surface area contributed by atoms with Crippen LogP contribution in [-0.4, -0.2) is 80.9 Å². The Balaban J connectivity index is 0.000000140. The van der Waals surface area contributed by atoms with Gasteiger partial charge in [0, 0.05) is 34.1 Å². The molecule has 10 nitrogen and oxygen atoms in total. The smallest absolute Gasteiger partial charge is 0.185 e. The zero-order valence-electron chi connectivity index (χ0n) is 52.4. The van der Waals surface area contributed by atoms with Crippen molar-refractivity contribution < 1.29 is 33.7 Å². The number of fused-ring (bicyclic) bond motifs is 4. The fraction of sp³-hybridized carbons (Fsp3) is 0.319. The van der Waals surface area contributed by atoms with E-state index >= 15 is 0 Å². The Bertz CT molecular complexity index is 4380. The molecular weight excluding hydrogens is 1210 g/mol. The largest absolute Gasteiger partial charge is 0.383 e. The quantitative estimate of drug-likeness (QED) is 0.179. The molecule has 8 aromatic carbocycles. The molecule has 4 aliphatic heterocycles. The molecule has 0 unspecified atom stereocenters. The number of anilines is 1. The number of benzene rings is 8. The van der Waals surface area contributed by atoms with Gasteiger partial charge in [-0.15, -0.1) is 23.5 Å². The summed E-state index contributed by atoms with van der Waals surface area (Å²) >= 11 is 3.96. The van der Waals surface area contributed by atoms with Crippen LogP contribution in [0.5, 0.6) is 0 Å². The molecule has 12 rings (SSSR count). The standard InChI is InChI=1S/C18H21NO2S.C18H19NO2S.C18H20O4S2.C18H20S2/c2*1-18(2,3)15-7-4-13(5-8-15)14-6-9-16-17(12-14)22(20,21)11-10-19-16;1-18(2,3)15-7-4-13(5-8-15)14-6-9-16-17(12-14)24(21,22)11-10-23(16,19)20;1-18(2,3)15-7-4-13(5-8-15)14-6-9-16-17(12-14)20-11-10-19-16/h4-9,12,19H,10-11H2,1-3H3;4-10,12H,11H2,1-3H3;4-9,12H,10-11H2,1-3H3;4-9,12H,10-11H2,1-3H3. The second-order valence-corrected chi connectivity index (χ2v) is 37.2. The third-order valence-corrected chi connectivity index (χ3v) is 25.7. The van der Waals surface area contributed by atoms with Crippen molar-refractivity contribution in [3.8, 4) is 44.5 Å².